The lowest BCUT2D eigenvalue weighted by Gasteiger charge is -2.18. The van der Waals surface area contributed by atoms with Crippen molar-refractivity contribution in [3.8, 4) is 11.3 Å². The van der Waals surface area contributed by atoms with E-state index >= 15 is 0 Å². The van der Waals surface area contributed by atoms with Gasteiger partial charge in [-0.25, -0.2) is 4.39 Å². The molecule has 1 unspecified atom stereocenters. The van der Waals surface area contributed by atoms with Crippen LogP contribution in [0.1, 0.15) is 18.9 Å². The molecule has 1 aromatic heterocycles. The Morgan fingerprint density at radius 2 is 1.75 bits per heavy atom. The highest BCUT2D eigenvalue weighted by atomic mass is 19.1. The van der Waals surface area contributed by atoms with Gasteiger partial charge in [0.05, 0.1) is 11.4 Å². The van der Waals surface area contributed by atoms with Gasteiger partial charge in [0, 0.05) is 17.8 Å². The molecule has 3 aromatic rings. The van der Waals surface area contributed by atoms with E-state index in [0.717, 1.165) is 24.1 Å². The number of nitrogens with one attached hydrogen (secondary N) is 1. The second-order valence-electron chi connectivity index (χ2n) is 5.95. The number of aryl methyl sites for hydroxylation is 1. The first-order chi connectivity index (χ1) is 11.7. The molecule has 3 heteroatoms. The van der Waals surface area contributed by atoms with Gasteiger partial charge in [-0.1, -0.05) is 48.5 Å². The van der Waals surface area contributed by atoms with Crippen molar-refractivity contribution in [3.05, 3.63) is 84.3 Å². The lowest BCUT2D eigenvalue weighted by atomic mass is 10.0. The summed E-state index contributed by atoms with van der Waals surface area (Å²) in [6, 6.07) is 21.3. The average molecular weight is 320 g/mol. The molecule has 0 spiro atoms. The van der Waals surface area contributed by atoms with Crippen molar-refractivity contribution in [2.45, 2.75) is 25.8 Å². The van der Waals surface area contributed by atoms with E-state index in [1.165, 1.54) is 11.6 Å². The summed E-state index contributed by atoms with van der Waals surface area (Å²) in [4.78, 5) is 4.34. The molecule has 1 heterocycles. The maximum Gasteiger partial charge on any atom is 0.146 e. The maximum absolute atomic E-state index is 14.4. The highest BCUT2D eigenvalue weighted by Gasteiger charge is 2.13. The Bertz CT molecular complexity index is 772. The molecule has 2 aromatic carbocycles. The molecule has 0 saturated heterocycles. The van der Waals surface area contributed by atoms with Crippen LogP contribution in [0.3, 0.4) is 0 Å². The molecule has 0 aliphatic heterocycles. The summed E-state index contributed by atoms with van der Waals surface area (Å²) in [6.07, 6.45) is 3.62. The first kappa shape index (κ1) is 16.2. The second-order valence-corrected chi connectivity index (χ2v) is 5.95. The number of pyridine rings is 1. The van der Waals surface area contributed by atoms with Crippen LogP contribution in [-0.2, 0) is 6.42 Å². The number of para-hydroxylation sites is 1. The number of benzene rings is 2. The Kier molecular flexibility index (Phi) is 5.22. The fourth-order valence-corrected chi connectivity index (χ4v) is 2.75. The van der Waals surface area contributed by atoms with Gasteiger partial charge in [0.25, 0.3) is 0 Å². The van der Waals surface area contributed by atoms with Crippen molar-refractivity contribution >= 4 is 5.69 Å². The van der Waals surface area contributed by atoms with Crippen molar-refractivity contribution in [1.82, 2.24) is 4.98 Å². The van der Waals surface area contributed by atoms with Crippen LogP contribution in [-0.4, -0.2) is 11.0 Å². The zero-order valence-corrected chi connectivity index (χ0v) is 13.7. The van der Waals surface area contributed by atoms with Crippen LogP contribution in [0.2, 0.25) is 0 Å². The van der Waals surface area contributed by atoms with E-state index in [0.29, 0.717) is 5.69 Å². The van der Waals surface area contributed by atoms with E-state index in [4.69, 9.17) is 0 Å². The molecule has 0 saturated carbocycles. The first-order valence-electron chi connectivity index (χ1n) is 8.24. The Morgan fingerprint density at radius 3 is 2.50 bits per heavy atom. The number of hydrogen-bond acceptors (Lipinski definition) is 2. The maximum atomic E-state index is 14.4. The van der Waals surface area contributed by atoms with Gasteiger partial charge in [-0.05, 0) is 43.5 Å². The van der Waals surface area contributed by atoms with E-state index in [9.17, 15) is 4.39 Å². The fourth-order valence-electron chi connectivity index (χ4n) is 2.75. The number of hydrogen-bond donors (Lipinski definition) is 1. The topological polar surface area (TPSA) is 24.9 Å². The van der Waals surface area contributed by atoms with Crippen LogP contribution in [0.4, 0.5) is 10.1 Å². The van der Waals surface area contributed by atoms with Crippen molar-refractivity contribution in [2.75, 3.05) is 5.32 Å². The molecule has 2 nitrogen and oxygen atoms in total. The SMILES string of the molecule is CC(CCc1ccccc1)Nc1c(F)cccc1-c1ccccn1. The highest BCUT2D eigenvalue weighted by Crippen LogP contribution is 2.29. The minimum absolute atomic E-state index is 0.157. The van der Waals surface area contributed by atoms with Gasteiger partial charge in [-0.2, -0.15) is 0 Å². The molecule has 0 aliphatic carbocycles. The highest BCUT2D eigenvalue weighted by molar-refractivity contribution is 5.76. The molecule has 0 bridgehead atoms. The number of rotatable bonds is 6. The molecule has 24 heavy (non-hydrogen) atoms. The third-order valence-electron chi connectivity index (χ3n) is 4.05. The molecule has 1 N–H and O–H groups in total. The van der Waals surface area contributed by atoms with Crippen molar-refractivity contribution in [1.29, 1.82) is 0 Å². The summed E-state index contributed by atoms with van der Waals surface area (Å²) in [5, 5.41) is 3.33. The molecule has 3 rings (SSSR count). The minimum Gasteiger partial charge on any atom is -0.380 e. The van der Waals surface area contributed by atoms with E-state index in [1.807, 2.05) is 42.5 Å². The summed E-state index contributed by atoms with van der Waals surface area (Å²) in [5.74, 6) is -0.246. The third-order valence-corrected chi connectivity index (χ3v) is 4.05. The van der Waals surface area contributed by atoms with Gasteiger partial charge >= 0.3 is 0 Å². The van der Waals surface area contributed by atoms with Crippen LogP contribution in [0.15, 0.2) is 72.9 Å². The summed E-state index contributed by atoms with van der Waals surface area (Å²) >= 11 is 0. The Balaban J connectivity index is 1.75. The standard InChI is InChI=1S/C21H21FN2/c1-16(13-14-17-8-3-2-4-9-17)24-21-18(10-7-11-19(21)22)20-12-5-6-15-23-20/h2-12,15-16,24H,13-14H2,1H3. The van der Waals surface area contributed by atoms with Crippen LogP contribution in [0.5, 0.6) is 0 Å². The number of halogens is 1. The summed E-state index contributed by atoms with van der Waals surface area (Å²) < 4.78 is 14.4. The fraction of sp³-hybridized carbons (Fsp3) is 0.190. The monoisotopic (exact) mass is 320 g/mol. The smallest absolute Gasteiger partial charge is 0.146 e. The molecule has 0 aliphatic rings. The molecule has 1 atom stereocenters. The van der Waals surface area contributed by atoms with E-state index in [-0.39, 0.29) is 11.9 Å². The van der Waals surface area contributed by atoms with Crippen molar-refractivity contribution in [2.24, 2.45) is 0 Å². The quantitative estimate of drug-likeness (QED) is 0.665. The Morgan fingerprint density at radius 1 is 0.958 bits per heavy atom. The van der Waals surface area contributed by atoms with Gasteiger partial charge in [-0.3, -0.25) is 4.98 Å². The second kappa shape index (κ2) is 7.73. The van der Waals surface area contributed by atoms with Crippen LogP contribution in [0.25, 0.3) is 11.3 Å². The lowest BCUT2D eigenvalue weighted by Crippen LogP contribution is -2.17. The zero-order valence-electron chi connectivity index (χ0n) is 13.7. The van der Waals surface area contributed by atoms with Crippen molar-refractivity contribution < 1.29 is 4.39 Å². The van der Waals surface area contributed by atoms with Crippen LogP contribution < -0.4 is 5.32 Å². The molecular weight excluding hydrogens is 299 g/mol. The van der Waals surface area contributed by atoms with E-state index in [2.05, 4.69) is 29.4 Å². The van der Waals surface area contributed by atoms with Gasteiger partial charge in [0.15, 0.2) is 0 Å². The summed E-state index contributed by atoms with van der Waals surface area (Å²) in [7, 11) is 0. The predicted molar refractivity (Wildman–Crippen MR) is 97.5 cm³/mol. The predicted octanol–water partition coefficient (Wildman–Crippen LogP) is 5.32. The van der Waals surface area contributed by atoms with Crippen LogP contribution >= 0.6 is 0 Å². The van der Waals surface area contributed by atoms with Gasteiger partial charge in [0.1, 0.15) is 5.82 Å². The molecular formula is C21H21FN2. The zero-order chi connectivity index (χ0) is 16.8. The van der Waals surface area contributed by atoms with E-state index < -0.39 is 0 Å². The van der Waals surface area contributed by atoms with Gasteiger partial charge in [-0.15, -0.1) is 0 Å². The summed E-state index contributed by atoms with van der Waals surface area (Å²) in [5.41, 5.74) is 3.39. The number of anilines is 1. The van der Waals surface area contributed by atoms with Crippen molar-refractivity contribution in [3.63, 3.8) is 0 Å². The van der Waals surface area contributed by atoms with Crippen LogP contribution in [0, 0.1) is 5.82 Å². The molecule has 0 radical (unpaired) electrons. The number of aromatic nitrogens is 1. The Hall–Kier alpha value is -2.68. The average Bonchev–Trinajstić information content (AvgIpc) is 2.63. The molecule has 0 fully saturated rings. The normalized spacial score (nSPS) is 11.9. The first-order valence-corrected chi connectivity index (χ1v) is 8.24. The van der Waals surface area contributed by atoms with Gasteiger partial charge in [0.2, 0.25) is 0 Å². The van der Waals surface area contributed by atoms with E-state index in [1.54, 1.807) is 12.3 Å². The third kappa shape index (κ3) is 3.99. The minimum atomic E-state index is -0.246. The van der Waals surface area contributed by atoms with Gasteiger partial charge < -0.3 is 5.32 Å². The molecule has 122 valence electrons. The Labute approximate surface area is 142 Å². The number of nitrogens with zero attached hydrogens (tertiary/aromatic N) is 1. The summed E-state index contributed by atoms with van der Waals surface area (Å²) in [6.45, 7) is 2.08. The lowest BCUT2D eigenvalue weighted by molar-refractivity contribution is 0.622. The largest absolute Gasteiger partial charge is 0.380 e. The molecule has 0 amide bonds.